The molecule has 3 heterocycles. The first-order valence-electron chi connectivity index (χ1n) is 9.90. The summed E-state index contributed by atoms with van der Waals surface area (Å²) >= 11 is 1.60. The predicted octanol–water partition coefficient (Wildman–Crippen LogP) is 4.24. The van der Waals surface area contributed by atoms with Gasteiger partial charge in [0.05, 0.1) is 12.0 Å². The van der Waals surface area contributed by atoms with Gasteiger partial charge >= 0.3 is 0 Å². The van der Waals surface area contributed by atoms with Crippen molar-refractivity contribution in [1.82, 2.24) is 9.80 Å². The zero-order valence-corrected chi connectivity index (χ0v) is 17.1. The summed E-state index contributed by atoms with van der Waals surface area (Å²) in [7, 11) is 1.81. The number of benzene rings is 2. The van der Waals surface area contributed by atoms with E-state index in [1.165, 1.54) is 11.1 Å². The van der Waals surface area contributed by atoms with Crippen LogP contribution in [0.25, 0.3) is 0 Å². The molecule has 0 saturated heterocycles. The smallest absolute Gasteiger partial charge is 0.254 e. The molecule has 2 aromatic carbocycles. The Bertz CT molecular complexity index is 1080. The number of amides is 2. The maximum Gasteiger partial charge on any atom is 0.254 e. The van der Waals surface area contributed by atoms with Crippen LogP contribution in [0.5, 0.6) is 0 Å². The van der Waals surface area contributed by atoms with E-state index in [1.54, 1.807) is 16.2 Å². The Labute approximate surface area is 174 Å². The quantitative estimate of drug-likeness (QED) is 0.643. The fourth-order valence-corrected chi connectivity index (χ4v) is 5.54. The maximum atomic E-state index is 13.9. The minimum absolute atomic E-state index is 0.0213. The maximum absolute atomic E-state index is 13.9. The third-order valence-corrected chi connectivity index (χ3v) is 7.07. The lowest BCUT2D eigenvalue weighted by atomic mass is 9.81. The molecule has 1 aromatic heterocycles. The van der Waals surface area contributed by atoms with Crippen molar-refractivity contribution in [2.45, 2.75) is 24.9 Å². The van der Waals surface area contributed by atoms with Gasteiger partial charge in [0.25, 0.3) is 5.91 Å². The molecule has 0 spiro atoms. The molecule has 2 aliphatic rings. The van der Waals surface area contributed by atoms with Crippen molar-refractivity contribution in [2.75, 3.05) is 13.6 Å². The Morgan fingerprint density at radius 2 is 1.76 bits per heavy atom. The fourth-order valence-electron chi connectivity index (χ4n) is 4.64. The van der Waals surface area contributed by atoms with Gasteiger partial charge in [0.15, 0.2) is 0 Å². The van der Waals surface area contributed by atoms with E-state index in [2.05, 4.69) is 18.2 Å². The van der Waals surface area contributed by atoms with Crippen molar-refractivity contribution in [2.24, 2.45) is 0 Å². The number of nitrogens with zero attached hydrogens (tertiary/aromatic N) is 2. The van der Waals surface area contributed by atoms with Crippen molar-refractivity contribution in [3.63, 3.8) is 0 Å². The monoisotopic (exact) mass is 402 g/mol. The number of hydrogen-bond acceptors (Lipinski definition) is 3. The molecule has 0 saturated carbocycles. The van der Waals surface area contributed by atoms with E-state index >= 15 is 0 Å². The van der Waals surface area contributed by atoms with E-state index in [-0.39, 0.29) is 17.9 Å². The van der Waals surface area contributed by atoms with Crippen LogP contribution in [0.2, 0.25) is 0 Å². The topological polar surface area (TPSA) is 40.6 Å². The first-order valence-corrected chi connectivity index (χ1v) is 10.8. The molecule has 3 aromatic rings. The van der Waals surface area contributed by atoms with Crippen LogP contribution in [0.3, 0.4) is 0 Å². The van der Waals surface area contributed by atoms with Crippen molar-refractivity contribution >= 4 is 23.2 Å². The molecule has 0 aliphatic carbocycles. The van der Waals surface area contributed by atoms with Crippen molar-refractivity contribution in [3.8, 4) is 0 Å². The highest BCUT2D eigenvalue weighted by Crippen LogP contribution is 2.44. The molecule has 2 atom stereocenters. The summed E-state index contributed by atoms with van der Waals surface area (Å²) in [4.78, 5) is 31.7. The van der Waals surface area contributed by atoms with Crippen LogP contribution in [-0.4, -0.2) is 35.2 Å². The van der Waals surface area contributed by atoms with E-state index in [1.807, 2.05) is 59.8 Å². The predicted molar refractivity (Wildman–Crippen MR) is 114 cm³/mol. The first-order chi connectivity index (χ1) is 14.1. The van der Waals surface area contributed by atoms with Gasteiger partial charge in [-0.05, 0) is 40.6 Å². The average molecular weight is 403 g/mol. The van der Waals surface area contributed by atoms with Crippen LogP contribution in [0, 0.1) is 0 Å². The minimum Gasteiger partial charge on any atom is -0.337 e. The molecular weight excluding hydrogens is 380 g/mol. The third-order valence-electron chi connectivity index (χ3n) is 6.12. The van der Waals surface area contributed by atoms with Gasteiger partial charge in [-0.3, -0.25) is 9.59 Å². The zero-order chi connectivity index (χ0) is 20.0. The number of carbonyl (C=O) groups excluding carboxylic acids is 2. The highest BCUT2D eigenvalue weighted by Gasteiger charge is 2.44. The number of fused-ring (bicyclic) bond motifs is 2. The molecule has 2 aliphatic heterocycles. The summed E-state index contributed by atoms with van der Waals surface area (Å²) in [6, 6.07) is 19.7. The number of carbonyl (C=O) groups is 2. The second-order valence-electron chi connectivity index (χ2n) is 7.72. The van der Waals surface area contributed by atoms with Gasteiger partial charge in [-0.25, -0.2) is 0 Å². The summed E-state index contributed by atoms with van der Waals surface area (Å²) in [5.41, 5.74) is 4.02. The lowest BCUT2D eigenvalue weighted by Crippen LogP contribution is -2.47. The largest absolute Gasteiger partial charge is 0.337 e. The van der Waals surface area contributed by atoms with Gasteiger partial charge in [0.1, 0.15) is 0 Å². The van der Waals surface area contributed by atoms with Gasteiger partial charge in [0.2, 0.25) is 5.91 Å². The van der Waals surface area contributed by atoms with Gasteiger partial charge in [-0.2, -0.15) is 0 Å². The number of rotatable bonds is 2. The first kappa shape index (κ1) is 18.1. The highest BCUT2D eigenvalue weighted by atomic mass is 32.1. The molecule has 2 unspecified atom stereocenters. The molecule has 5 heteroatoms. The van der Waals surface area contributed by atoms with E-state index in [0.29, 0.717) is 18.7 Å². The standard InChI is InChI=1S/C24H22N2O2S/c1-25-22(20-11-6-14-29-20)21(18-9-4-5-10-19(18)23(25)27)24(28)26-13-12-16-7-2-3-8-17(16)15-26/h2-11,14,21-22H,12-13,15H2,1H3. The molecule has 5 rings (SSSR count). The van der Waals surface area contributed by atoms with Crippen LogP contribution < -0.4 is 0 Å². The molecule has 0 fully saturated rings. The molecule has 29 heavy (non-hydrogen) atoms. The molecule has 0 radical (unpaired) electrons. The van der Waals surface area contributed by atoms with E-state index in [9.17, 15) is 9.59 Å². The normalized spacial score (nSPS) is 20.9. The van der Waals surface area contributed by atoms with Crippen molar-refractivity contribution < 1.29 is 9.59 Å². The molecule has 0 bridgehead atoms. The van der Waals surface area contributed by atoms with E-state index < -0.39 is 5.92 Å². The van der Waals surface area contributed by atoms with Gasteiger partial charge in [0, 0.05) is 30.6 Å². The summed E-state index contributed by atoms with van der Waals surface area (Å²) in [6.45, 7) is 1.34. The molecule has 4 nitrogen and oxygen atoms in total. The molecule has 2 amide bonds. The minimum atomic E-state index is -0.391. The van der Waals surface area contributed by atoms with Gasteiger partial charge in [-0.1, -0.05) is 48.5 Å². The highest BCUT2D eigenvalue weighted by molar-refractivity contribution is 7.10. The Morgan fingerprint density at radius 3 is 2.55 bits per heavy atom. The van der Waals surface area contributed by atoms with E-state index in [0.717, 1.165) is 16.9 Å². The third kappa shape index (κ3) is 2.97. The molecule has 0 N–H and O–H groups in total. The number of thiophene rings is 1. The Hall–Kier alpha value is -2.92. The Morgan fingerprint density at radius 1 is 1.00 bits per heavy atom. The Balaban J connectivity index is 1.58. The number of likely N-dealkylation sites (N-methyl/N-ethyl adjacent to an activating group) is 1. The lowest BCUT2D eigenvalue weighted by molar-refractivity contribution is -0.135. The lowest BCUT2D eigenvalue weighted by Gasteiger charge is -2.41. The van der Waals surface area contributed by atoms with Crippen LogP contribution in [0.1, 0.15) is 43.9 Å². The van der Waals surface area contributed by atoms with Crippen LogP contribution in [-0.2, 0) is 17.8 Å². The van der Waals surface area contributed by atoms with Crippen molar-refractivity contribution in [1.29, 1.82) is 0 Å². The van der Waals surface area contributed by atoms with Crippen molar-refractivity contribution in [3.05, 3.63) is 93.2 Å². The van der Waals surface area contributed by atoms with E-state index in [4.69, 9.17) is 0 Å². The average Bonchev–Trinajstić information content (AvgIpc) is 3.29. The Kier molecular flexibility index (Phi) is 4.47. The summed E-state index contributed by atoms with van der Waals surface area (Å²) in [5.74, 6) is -0.311. The summed E-state index contributed by atoms with van der Waals surface area (Å²) < 4.78 is 0. The summed E-state index contributed by atoms with van der Waals surface area (Å²) in [5, 5.41) is 2.01. The van der Waals surface area contributed by atoms with Crippen LogP contribution >= 0.6 is 11.3 Å². The van der Waals surface area contributed by atoms with Gasteiger partial charge < -0.3 is 9.80 Å². The van der Waals surface area contributed by atoms with Gasteiger partial charge in [-0.15, -0.1) is 11.3 Å². The SMILES string of the molecule is CN1C(=O)c2ccccc2C(C(=O)N2CCc3ccccc3C2)C1c1cccs1. The van der Waals surface area contributed by atoms with Crippen LogP contribution in [0.15, 0.2) is 66.0 Å². The second kappa shape index (κ2) is 7.16. The summed E-state index contributed by atoms with van der Waals surface area (Å²) in [6.07, 6.45) is 0.870. The molecular formula is C24H22N2O2S. The second-order valence-corrected chi connectivity index (χ2v) is 8.70. The fraction of sp³-hybridized carbons (Fsp3) is 0.250. The molecule has 146 valence electrons. The van der Waals surface area contributed by atoms with Crippen LogP contribution in [0.4, 0.5) is 0 Å². The zero-order valence-electron chi connectivity index (χ0n) is 16.2. The number of hydrogen-bond donors (Lipinski definition) is 0.